The molecule has 0 saturated heterocycles. The van der Waals surface area contributed by atoms with Crippen LogP contribution in [0.5, 0.6) is 5.75 Å². The molecule has 5 heteroatoms. The normalized spacial score (nSPS) is 19.0. The van der Waals surface area contributed by atoms with Crippen molar-refractivity contribution in [3.8, 4) is 5.75 Å². The fraction of sp³-hybridized carbons (Fsp3) is 0.267. The molecule has 0 spiro atoms. The quantitative estimate of drug-likeness (QED) is 0.892. The predicted octanol–water partition coefficient (Wildman–Crippen LogP) is 2.92. The molecule has 0 bridgehead atoms. The average molecular weight is 291 g/mol. The van der Waals surface area contributed by atoms with E-state index in [0.29, 0.717) is 23.0 Å². The molecule has 0 aliphatic carbocycles. The van der Waals surface area contributed by atoms with Gasteiger partial charge in [0.1, 0.15) is 11.6 Å². The second-order valence-electron chi connectivity index (χ2n) is 4.85. The van der Waals surface area contributed by atoms with Crippen LogP contribution in [0.25, 0.3) is 0 Å². The van der Waals surface area contributed by atoms with Crippen molar-refractivity contribution < 1.29 is 9.84 Å². The van der Waals surface area contributed by atoms with E-state index in [1.54, 1.807) is 6.07 Å². The smallest absolute Gasteiger partial charge is 0.129 e. The van der Waals surface area contributed by atoms with Gasteiger partial charge < -0.3 is 15.6 Å². The lowest BCUT2D eigenvalue weighted by Crippen LogP contribution is -2.21. The predicted molar refractivity (Wildman–Crippen MR) is 77.9 cm³/mol. The van der Waals surface area contributed by atoms with Gasteiger partial charge in [-0.2, -0.15) is 0 Å². The third kappa shape index (κ3) is 2.32. The lowest BCUT2D eigenvalue weighted by molar-refractivity contribution is 0.117. The third-order valence-electron chi connectivity index (χ3n) is 3.62. The van der Waals surface area contributed by atoms with E-state index in [1.165, 1.54) is 6.20 Å². The lowest BCUT2D eigenvalue weighted by Gasteiger charge is -2.30. The maximum Gasteiger partial charge on any atom is 0.129 e. The summed E-state index contributed by atoms with van der Waals surface area (Å²) in [6.45, 7) is 0.576. The van der Waals surface area contributed by atoms with Crippen LogP contribution in [0.15, 0.2) is 36.5 Å². The fourth-order valence-corrected chi connectivity index (χ4v) is 2.78. The minimum absolute atomic E-state index is 0.0671. The number of benzene rings is 1. The molecule has 104 valence electrons. The topological polar surface area (TPSA) is 68.4 Å². The SMILES string of the molecule is Nc1ncc(Cl)cc1C(O)C1CCOc2ccccc21. The van der Waals surface area contributed by atoms with E-state index in [9.17, 15) is 5.11 Å². The Balaban J connectivity index is 1.99. The van der Waals surface area contributed by atoms with Crippen molar-refractivity contribution in [2.45, 2.75) is 18.4 Å². The maximum atomic E-state index is 10.7. The first-order chi connectivity index (χ1) is 9.66. The molecule has 0 fully saturated rings. The van der Waals surface area contributed by atoms with E-state index in [4.69, 9.17) is 22.1 Å². The first-order valence-electron chi connectivity index (χ1n) is 6.47. The van der Waals surface area contributed by atoms with Crippen molar-refractivity contribution >= 4 is 17.4 Å². The number of pyridine rings is 1. The Morgan fingerprint density at radius 2 is 2.20 bits per heavy atom. The molecule has 0 amide bonds. The van der Waals surface area contributed by atoms with Crippen LogP contribution in [-0.2, 0) is 0 Å². The molecule has 0 saturated carbocycles. The van der Waals surface area contributed by atoms with Gasteiger partial charge >= 0.3 is 0 Å². The van der Waals surface area contributed by atoms with Gasteiger partial charge in [-0.05, 0) is 18.6 Å². The minimum Gasteiger partial charge on any atom is -0.493 e. The Labute approximate surface area is 122 Å². The molecule has 4 nitrogen and oxygen atoms in total. The highest BCUT2D eigenvalue weighted by Crippen LogP contribution is 2.42. The lowest BCUT2D eigenvalue weighted by atomic mass is 9.85. The molecular weight excluding hydrogens is 276 g/mol. The maximum absolute atomic E-state index is 10.7. The molecule has 3 rings (SSSR count). The van der Waals surface area contributed by atoms with Crippen LogP contribution in [0.1, 0.15) is 29.6 Å². The molecule has 2 heterocycles. The number of aromatic nitrogens is 1. The monoisotopic (exact) mass is 290 g/mol. The zero-order valence-electron chi connectivity index (χ0n) is 10.8. The number of ether oxygens (including phenoxy) is 1. The van der Waals surface area contributed by atoms with Crippen LogP contribution in [-0.4, -0.2) is 16.7 Å². The number of nitrogen functional groups attached to an aromatic ring is 1. The molecule has 2 atom stereocenters. The second-order valence-corrected chi connectivity index (χ2v) is 5.29. The molecule has 20 heavy (non-hydrogen) atoms. The Morgan fingerprint density at radius 1 is 1.40 bits per heavy atom. The van der Waals surface area contributed by atoms with Crippen LogP contribution in [0.3, 0.4) is 0 Å². The van der Waals surface area contributed by atoms with Gasteiger partial charge in [-0.3, -0.25) is 0 Å². The fourth-order valence-electron chi connectivity index (χ4n) is 2.62. The summed E-state index contributed by atoms with van der Waals surface area (Å²) in [6, 6.07) is 9.41. The number of rotatable bonds is 2. The van der Waals surface area contributed by atoms with E-state index in [1.807, 2.05) is 24.3 Å². The van der Waals surface area contributed by atoms with Gasteiger partial charge in [-0.15, -0.1) is 0 Å². The highest BCUT2D eigenvalue weighted by molar-refractivity contribution is 6.30. The zero-order valence-corrected chi connectivity index (χ0v) is 11.5. The van der Waals surface area contributed by atoms with Gasteiger partial charge in [0.2, 0.25) is 0 Å². The summed E-state index contributed by atoms with van der Waals surface area (Å²) in [5.41, 5.74) is 7.42. The van der Waals surface area contributed by atoms with Crippen molar-refractivity contribution in [1.82, 2.24) is 4.98 Å². The summed E-state index contributed by atoms with van der Waals surface area (Å²) in [7, 11) is 0. The first kappa shape index (κ1) is 13.2. The van der Waals surface area contributed by atoms with Gasteiger partial charge in [-0.25, -0.2) is 4.98 Å². The van der Waals surface area contributed by atoms with Crippen LogP contribution in [0, 0.1) is 0 Å². The molecule has 1 aromatic heterocycles. The third-order valence-corrected chi connectivity index (χ3v) is 3.83. The van der Waals surface area contributed by atoms with Crippen molar-refractivity contribution in [3.05, 3.63) is 52.7 Å². The van der Waals surface area contributed by atoms with Crippen molar-refractivity contribution in [2.24, 2.45) is 0 Å². The number of hydrogen-bond donors (Lipinski definition) is 2. The number of halogens is 1. The van der Waals surface area contributed by atoms with Gasteiger partial charge in [0.05, 0.1) is 17.7 Å². The number of fused-ring (bicyclic) bond motifs is 1. The molecule has 2 unspecified atom stereocenters. The number of nitrogens with zero attached hydrogens (tertiary/aromatic N) is 1. The summed E-state index contributed by atoms with van der Waals surface area (Å²) >= 11 is 5.95. The van der Waals surface area contributed by atoms with E-state index in [-0.39, 0.29) is 5.92 Å². The van der Waals surface area contributed by atoms with Crippen molar-refractivity contribution in [1.29, 1.82) is 0 Å². The molecule has 1 aromatic carbocycles. The highest BCUT2D eigenvalue weighted by Gasteiger charge is 2.30. The van der Waals surface area contributed by atoms with E-state index >= 15 is 0 Å². The number of nitrogens with two attached hydrogens (primary N) is 1. The largest absolute Gasteiger partial charge is 0.493 e. The number of aliphatic hydroxyl groups is 1. The summed E-state index contributed by atoms with van der Waals surface area (Å²) in [4.78, 5) is 4.01. The molecule has 1 aliphatic rings. The number of anilines is 1. The van der Waals surface area contributed by atoms with Gasteiger partial charge in [0.15, 0.2) is 0 Å². The Bertz CT molecular complexity index is 633. The van der Waals surface area contributed by atoms with Crippen LogP contribution >= 0.6 is 11.6 Å². The Morgan fingerprint density at radius 3 is 3.05 bits per heavy atom. The van der Waals surface area contributed by atoms with Crippen molar-refractivity contribution in [3.63, 3.8) is 0 Å². The summed E-state index contributed by atoms with van der Waals surface area (Å²) in [5, 5.41) is 11.1. The highest BCUT2D eigenvalue weighted by atomic mass is 35.5. The Hall–Kier alpha value is -1.78. The minimum atomic E-state index is -0.744. The zero-order chi connectivity index (χ0) is 14.1. The first-order valence-corrected chi connectivity index (χ1v) is 6.85. The summed E-state index contributed by atoms with van der Waals surface area (Å²) in [6.07, 6.45) is 1.46. The van der Waals surface area contributed by atoms with Gasteiger partial charge in [0, 0.05) is 23.2 Å². The molecular formula is C15H15ClN2O2. The number of aliphatic hydroxyl groups excluding tert-OH is 1. The molecule has 1 aliphatic heterocycles. The molecule has 2 aromatic rings. The van der Waals surface area contributed by atoms with Crippen LogP contribution in [0.2, 0.25) is 5.02 Å². The van der Waals surface area contributed by atoms with Crippen molar-refractivity contribution in [2.75, 3.05) is 12.3 Å². The summed E-state index contributed by atoms with van der Waals surface area (Å²) in [5.74, 6) is 1.06. The van der Waals surface area contributed by atoms with E-state index < -0.39 is 6.10 Å². The van der Waals surface area contributed by atoms with Gasteiger partial charge in [-0.1, -0.05) is 29.8 Å². The van der Waals surface area contributed by atoms with E-state index in [2.05, 4.69) is 4.98 Å². The average Bonchev–Trinajstić information content (AvgIpc) is 2.48. The van der Waals surface area contributed by atoms with Gasteiger partial charge in [0.25, 0.3) is 0 Å². The standard InChI is InChI=1S/C15H15ClN2O2/c16-9-7-12(15(17)18-8-9)14(19)11-5-6-20-13-4-2-1-3-10(11)13/h1-4,7-8,11,14,19H,5-6H2,(H2,17,18). The van der Waals surface area contributed by atoms with Crippen LogP contribution < -0.4 is 10.5 Å². The summed E-state index contributed by atoms with van der Waals surface area (Å²) < 4.78 is 5.61. The number of para-hydroxylation sites is 1. The molecule has 0 radical (unpaired) electrons. The molecule has 3 N–H and O–H groups in total. The van der Waals surface area contributed by atoms with Crippen LogP contribution in [0.4, 0.5) is 5.82 Å². The Kier molecular flexibility index (Phi) is 3.51. The van der Waals surface area contributed by atoms with E-state index in [0.717, 1.165) is 17.7 Å². The number of hydrogen-bond acceptors (Lipinski definition) is 4. The second kappa shape index (κ2) is 5.31.